The molecule has 3 rings (SSSR count). The first-order valence-corrected chi connectivity index (χ1v) is 8.94. The molecule has 138 valence electrons. The fraction of sp³-hybridized carbons (Fsp3) is 0.450. The van der Waals surface area contributed by atoms with Gasteiger partial charge in [-0.25, -0.2) is 4.79 Å². The van der Waals surface area contributed by atoms with E-state index in [0.717, 1.165) is 18.4 Å². The van der Waals surface area contributed by atoms with Gasteiger partial charge in [-0.3, -0.25) is 9.48 Å². The summed E-state index contributed by atoms with van der Waals surface area (Å²) >= 11 is 0. The summed E-state index contributed by atoms with van der Waals surface area (Å²) in [6, 6.07) is 9.98. The van der Waals surface area contributed by atoms with Crippen molar-refractivity contribution in [2.45, 2.75) is 45.1 Å². The molecule has 0 saturated carbocycles. The van der Waals surface area contributed by atoms with E-state index in [-0.39, 0.29) is 17.5 Å². The van der Waals surface area contributed by atoms with Crippen LogP contribution in [0.25, 0.3) is 0 Å². The highest BCUT2D eigenvalue weighted by atomic mass is 16.4. The third kappa shape index (κ3) is 3.23. The molecule has 0 radical (unpaired) electrons. The second-order valence-corrected chi connectivity index (χ2v) is 7.41. The van der Waals surface area contributed by atoms with Crippen molar-refractivity contribution in [3.63, 3.8) is 0 Å². The predicted octanol–water partition coefficient (Wildman–Crippen LogP) is 3.03. The van der Waals surface area contributed by atoms with Crippen LogP contribution in [0, 0.1) is 6.92 Å². The van der Waals surface area contributed by atoms with Gasteiger partial charge in [0.15, 0.2) is 0 Å². The lowest BCUT2D eigenvalue weighted by Crippen LogP contribution is -2.47. The summed E-state index contributed by atoms with van der Waals surface area (Å²) in [6.07, 6.45) is 2.96. The number of aromatic nitrogens is 2. The molecule has 2 aromatic rings. The first-order chi connectivity index (χ1) is 12.3. The Morgan fingerprint density at radius 2 is 1.77 bits per heavy atom. The molecule has 1 N–H and O–H groups in total. The van der Waals surface area contributed by atoms with Crippen LogP contribution in [0.1, 0.15) is 54.3 Å². The van der Waals surface area contributed by atoms with Crippen LogP contribution in [0.4, 0.5) is 0 Å². The van der Waals surface area contributed by atoms with Gasteiger partial charge < -0.3 is 10.0 Å². The number of amides is 1. The van der Waals surface area contributed by atoms with Gasteiger partial charge >= 0.3 is 5.97 Å². The molecule has 26 heavy (non-hydrogen) atoms. The van der Waals surface area contributed by atoms with Crippen molar-refractivity contribution >= 4 is 11.9 Å². The van der Waals surface area contributed by atoms with Crippen LogP contribution < -0.4 is 0 Å². The average molecular weight is 355 g/mol. The van der Waals surface area contributed by atoms with E-state index in [4.69, 9.17) is 0 Å². The summed E-state index contributed by atoms with van der Waals surface area (Å²) in [5.74, 6) is -0.823. The van der Waals surface area contributed by atoms with E-state index in [9.17, 15) is 14.7 Å². The van der Waals surface area contributed by atoms with E-state index < -0.39 is 11.4 Å². The highest BCUT2D eigenvalue weighted by Crippen LogP contribution is 2.30. The van der Waals surface area contributed by atoms with Crippen LogP contribution >= 0.6 is 0 Å². The fourth-order valence-corrected chi connectivity index (χ4v) is 3.69. The Labute approximate surface area is 153 Å². The third-order valence-corrected chi connectivity index (χ3v) is 5.40. The Balaban J connectivity index is 1.69. The molecule has 1 fully saturated rings. The van der Waals surface area contributed by atoms with Gasteiger partial charge in [-0.1, -0.05) is 30.3 Å². The SMILES string of the molecule is Cc1c(C(=O)O)cnn1C1CCN(C(=O)C(C)(C)c2ccccc2)CC1. The Hall–Kier alpha value is -2.63. The fourth-order valence-electron chi connectivity index (χ4n) is 3.69. The van der Waals surface area contributed by atoms with Crippen molar-refractivity contribution in [2.24, 2.45) is 0 Å². The first kappa shape index (κ1) is 18.2. The number of rotatable bonds is 4. The highest BCUT2D eigenvalue weighted by Gasteiger charge is 2.36. The molecule has 1 aromatic carbocycles. The Bertz CT molecular complexity index is 803. The summed E-state index contributed by atoms with van der Waals surface area (Å²) in [5.41, 5.74) is 1.37. The van der Waals surface area contributed by atoms with Crippen LogP contribution in [0.15, 0.2) is 36.5 Å². The number of carbonyl (C=O) groups is 2. The third-order valence-electron chi connectivity index (χ3n) is 5.40. The summed E-state index contributed by atoms with van der Waals surface area (Å²) < 4.78 is 1.80. The molecule has 0 aliphatic carbocycles. The zero-order valence-electron chi connectivity index (χ0n) is 15.5. The van der Waals surface area contributed by atoms with E-state index in [0.29, 0.717) is 18.8 Å². The minimum Gasteiger partial charge on any atom is -0.478 e. The minimum atomic E-state index is -0.953. The first-order valence-electron chi connectivity index (χ1n) is 8.94. The Morgan fingerprint density at radius 1 is 1.15 bits per heavy atom. The Morgan fingerprint density at radius 3 is 2.31 bits per heavy atom. The summed E-state index contributed by atoms with van der Waals surface area (Å²) in [5, 5.41) is 13.4. The lowest BCUT2D eigenvalue weighted by Gasteiger charge is -2.37. The zero-order valence-corrected chi connectivity index (χ0v) is 15.5. The van der Waals surface area contributed by atoms with E-state index in [1.54, 1.807) is 11.6 Å². The minimum absolute atomic E-state index is 0.130. The number of piperidine rings is 1. The maximum absolute atomic E-state index is 13.0. The molecule has 1 aromatic heterocycles. The van der Waals surface area contributed by atoms with Crippen LogP contribution in [-0.4, -0.2) is 44.8 Å². The quantitative estimate of drug-likeness (QED) is 0.915. The zero-order chi connectivity index (χ0) is 18.9. The molecule has 0 atom stereocenters. The molecular weight excluding hydrogens is 330 g/mol. The van der Waals surface area contributed by atoms with Crippen molar-refractivity contribution < 1.29 is 14.7 Å². The standard InChI is InChI=1S/C20H25N3O3/c1-14-17(18(24)25)13-21-23(14)16-9-11-22(12-10-16)19(26)20(2,3)15-7-5-4-6-8-15/h4-8,13,16H,9-12H2,1-3H3,(H,24,25). The lowest BCUT2D eigenvalue weighted by atomic mass is 9.82. The summed E-state index contributed by atoms with van der Waals surface area (Å²) in [6.45, 7) is 7.02. The summed E-state index contributed by atoms with van der Waals surface area (Å²) in [4.78, 5) is 26.2. The van der Waals surface area contributed by atoms with Crippen molar-refractivity contribution in [1.29, 1.82) is 0 Å². The van der Waals surface area contributed by atoms with Crippen LogP contribution in [-0.2, 0) is 10.2 Å². The summed E-state index contributed by atoms with van der Waals surface area (Å²) in [7, 11) is 0. The van der Waals surface area contributed by atoms with Crippen molar-refractivity contribution in [3.8, 4) is 0 Å². The number of hydrogen-bond donors (Lipinski definition) is 1. The molecule has 0 spiro atoms. The molecule has 6 nitrogen and oxygen atoms in total. The molecule has 1 aliphatic rings. The van der Waals surface area contributed by atoms with E-state index in [1.807, 2.05) is 49.1 Å². The molecule has 2 heterocycles. The van der Waals surface area contributed by atoms with E-state index in [1.165, 1.54) is 6.20 Å². The number of benzene rings is 1. The number of likely N-dealkylation sites (tertiary alicyclic amines) is 1. The number of hydrogen-bond acceptors (Lipinski definition) is 3. The van der Waals surface area contributed by atoms with Gasteiger partial charge in [0.25, 0.3) is 0 Å². The number of nitrogens with zero attached hydrogens (tertiary/aromatic N) is 3. The van der Waals surface area contributed by atoms with Gasteiger partial charge in [0, 0.05) is 13.1 Å². The van der Waals surface area contributed by atoms with Crippen LogP contribution in [0.5, 0.6) is 0 Å². The number of carboxylic acids is 1. The number of aromatic carboxylic acids is 1. The van der Waals surface area contributed by atoms with Gasteiger partial charge in [0.1, 0.15) is 5.56 Å². The molecular formula is C20H25N3O3. The molecule has 0 bridgehead atoms. The maximum Gasteiger partial charge on any atom is 0.339 e. The lowest BCUT2D eigenvalue weighted by molar-refractivity contribution is -0.137. The molecule has 1 saturated heterocycles. The normalized spacial score (nSPS) is 15.9. The number of carboxylic acid groups (broad SMARTS) is 1. The van der Waals surface area contributed by atoms with Crippen molar-refractivity contribution in [2.75, 3.05) is 13.1 Å². The average Bonchev–Trinajstić information content (AvgIpc) is 3.03. The van der Waals surface area contributed by atoms with Gasteiger partial charge in [-0.15, -0.1) is 0 Å². The monoisotopic (exact) mass is 355 g/mol. The number of carbonyl (C=O) groups excluding carboxylic acids is 1. The van der Waals surface area contributed by atoms with Crippen LogP contribution in [0.2, 0.25) is 0 Å². The van der Waals surface area contributed by atoms with Gasteiger partial charge in [0.2, 0.25) is 5.91 Å². The second-order valence-electron chi connectivity index (χ2n) is 7.41. The Kier molecular flexibility index (Phi) is 4.85. The van der Waals surface area contributed by atoms with Crippen LogP contribution in [0.3, 0.4) is 0 Å². The van der Waals surface area contributed by atoms with E-state index in [2.05, 4.69) is 5.10 Å². The van der Waals surface area contributed by atoms with Gasteiger partial charge in [0.05, 0.1) is 23.3 Å². The largest absolute Gasteiger partial charge is 0.478 e. The second kappa shape index (κ2) is 6.94. The molecule has 1 amide bonds. The van der Waals surface area contributed by atoms with Crippen molar-refractivity contribution in [1.82, 2.24) is 14.7 Å². The topological polar surface area (TPSA) is 75.4 Å². The maximum atomic E-state index is 13.0. The van der Waals surface area contributed by atoms with E-state index >= 15 is 0 Å². The molecule has 0 unspecified atom stereocenters. The van der Waals surface area contributed by atoms with Crippen molar-refractivity contribution in [3.05, 3.63) is 53.3 Å². The predicted molar refractivity (Wildman–Crippen MR) is 98.2 cm³/mol. The molecule has 6 heteroatoms. The smallest absolute Gasteiger partial charge is 0.339 e. The van der Waals surface area contributed by atoms with Gasteiger partial charge in [-0.05, 0) is 39.2 Å². The molecule has 1 aliphatic heterocycles. The van der Waals surface area contributed by atoms with Gasteiger partial charge in [-0.2, -0.15) is 5.10 Å². The highest BCUT2D eigenvalue weighted by molar-refractivity contribution is 5.88.